The molecule has 4 rings (SSSR count). The van der Waals surface area contributed by atoms with Crippen molar-refractivity contribution in [2.24, 2.45) is 0 Å². The first-order chi connectivity index (χ1) is 13.5. The van der Waals surface area contributed by atoms with Crippen molar-refractivity contribution in [2.75, 3.05) is 12.4 Å². The molecule has 0 radical (unpaired) electrons. The number of nitrogens with one attached hydrogen (secondary N) is 1. The number of nitrogens with zero attached hydrogens (tertiary/aromatic N) is 3. The lowest BCUT2D eigenvalue weighted by molar-refractivity contribution is -0.117. The zero-order valence-corrected chi connectivity index (χ0v) is 16.4. The van der Waals surface area contributed by atoms with Crippen molar-refractivity contribution < 1.29 is 14.3 Å². The lowest BCUT2D eigenvalue weighted by Gasteiger charge is -2.24. The molecule has 1 aliphatic rings. The highest BCUT2D eigenvalue weighted by Gasteiger charge is 2.29. The zero-order chi connectivity index (χ0) is 19.7. The average molecular weight is 419 g/mol. The number of anilines is 1. The predicted molar refractivity (Wildman–Crippen MR) is 105 cm³/mol. The summed E-state index contributed by atoms with van der Waals surface area (Å²) in [5.74, 6) is 1.18. The van der Waals surface area contributed by atoms with Crippen LogP contribution < -0.4 is 14.8 Å². The highest BCUT2D eigenvalue weighted by atomic mass is 35.5. The fourth-order valence-electron chi connectivity index (χ4n) is 3.07. The largest absolute Gasteiger partial charge is 0.493 e. The summed E-state index contributed by atoms with van der Waals surface area (Å²) in [5, 5.41) is 7.94. The van der Waals surface area contributed by atoms with Gasteiger partial charge in [0.05, 0.1) is 24.6 Å². The fraction of sp³-hybridized carbons (Fsp3) is 0.211. The van der Waals surface area contributed by atoms with Gasteiger partial charge in [0.1, 0.15) is 12.9 Å². The Balaban J connectivity index is 1.63. The maximum Gasteiger partial charge on any atom is 0.229 e. The van der Waals surface area contributed by atoms with Crippen molar-refractivity contribution in [3.8, 4) is 11.5 Å². The highest BCUT2D eigenvalue weighted by Crippen LogP contribution is 2.40. The topological polar surface area (TPSA) is 78.3 Å². The molecular weight excluding hydrogens is 403 g/mol. The molecule has 0 fully saturated rings. The van der Waals surface area contributed by atoms with Crippen LogP contribution >= 0.6 is 23.2 Å². The van der Waals surface area contributed by atoms with Crippen LogP contribution in [0.3, 0.4) is 0 Å². The first-order valence-electron chi connectivity index (χ1n) is 8.49. The van der Waals surface area contributed by atoms with Gasteiger partial charge in [-0.15, -0.1) is 0 Å². The molecule has 9 heteroatoms. The number of rotatable bonds is 5. The van der Waals surface area contributed by atoms with Gasteiger partial charge < -0.3 is 9.47 Å². The third-order valence-corrected chi connectivity index (χ3v) is 4.96. The number of ether oxygens (including phenoxy) is 2. The number of fused-ring (bicyclic) bond motifs is 1. The van der Waals surface area contributed by atoms with E-state index in [2.05, 4.69) is 15.4 Å². The first kappa shape index (κ1) is 18.6. The molecule has 3 aromatic rings. The summed E-state index contributed by atoms with van der Waals surface area (Å²) in [6.45, 7) is 0.311. The minimum atomic E-state index is -0.331. The Bertz CT molecular complexity index is 1020. The van der Waals surface area contributed by atoms with Gasteiger partial charge >= 0.3 is 0 Å². The number of amides is 1. The van der Waals surface area contributed by atoms with Crippen LogP contribution in [0.4, 0.5) is 5.95 Å². The Kier molecular flexibility index (Phi) is 5.11. The minimum absolute atomic E-state index is 0.136. The highest BCUT2D eigenvalue weighted by molar-refractivity contribution is 6.32. The molecule has 7 nitrogen and oxygen atoms in total. The molecule has 1 atom stereocenters. The third kappa shape index (κ3) is 3.63. The first-order valence-corrected chi connectivity index (χ1v) is 9.25. The van der Waals surface area contributed by atoms with Gasteiger partial charge in [-0.25, -0.2) is 4.68 Å². The fourth-order valence-corrected chi connectivity index (χ4v) is 3.47. The summed E-state index contributed by atoms with van der Waals surface area (Å²) in [5.41, 5.74) is 1.73. The van der Waals surface area contributed by atoms with Crippen LogP contribution in [-0.4, -0.2) is 27.8 Å². The summed E-state index contributed by atoms with van der Waals surface area (Å²) < 4.78 is 13.0. The summed E-state index contributed by atoms with van der Waals surface area (Å²) in [4.78, 5) is 16.1. The second-order valence-electron chi connectivity index (χ2n) is 6.25. The van der Waals surface area contributed by atoms with Crippen molar-refractivity contribution in [1.29, 1.82) is 0 Å². The molecule has 0 bridgehead atoms. The van der Waals surface area contributed by atoms with E-state index >= 15 is 0 Å². The van der Waals surface area contributed by atoms with Crippen molar-refractivity contribution in [3.05, 3.63) is 63.9 Å². The molecule has 2 heterocycles. The van der Waals surface area contributed by atoms with E-state index in [9.17, 15) is 4.79 Å². The molecule has 0 saturated carbocycles. The number of carbonyl (C=O) groups is 1. The third-order valence-electron chi connectivity index (χ3n) is 4.43. The van der Waals surface area contributed by atoms with Gasteiger partial charge in [0.25, 0.3) is 0 Å². The van der Waals surface area contributed by atoms with Gasteiger partial charge in [0.2, 0.25) is 11.9 Å². The van der Waals surface area contributed by atoms with Crippen LogP contribution in [0.2, 0.25) is 10.0 Å². The van der Waals surface area contributed by atoms with Gasteiger partial charge in [-0.05, 0) is 35.4 Å². The molecule has 1 N–H and O–H groups in total. The Morgan fingerprint density at radius 2 is 2.04 bits per heavy atom. The van der Waals surface area contributed by atoms with E-state index in [4.69, 9.17) is 32.7 Å². The standard InChI is InChI=1S/C19H16Cl2N4O3/c1-27-16-7-12(15-8-17(26)24-19-22-10-23-25(15)19)6-14(21)18(16)28-9-11-2-4-13(20)5-3-11/h2-7,10,15H,8-9H2,1H3,(H,22,23,24,26)/t15-/m0/s1. The van der Waals surface area contributed by atoms with Crippen LogP contribution in [0, 0.1) is 0 Å². The summed E-state index contributed by atoms with van der Waals surface area (Å²) in [6, 6.07) is 10.6. The molecule has 28 heavy (non-hydrogen) atoms. The quantitative estimate of drug-likeness (QED) is 0.674. The van der Waals surface area contributed by atoms with E-state index < -0.39 is 0 Å². The molecule has 1 aromatic heterocycles. The molecule has 1 amide bonds. The number of hydrogen-bond donors (Lipinski definition) is 1. The Morgan fingerprint density at radius 3 is 2.79 bits per heavy atom. The smallest absolute Gasteiger partial charge is 0.229 e. The Labute approximate surface area is 171 Å². The molecule has 2 aromatic carbocycles. The van der Waals surface area contributed by atoms with E-state index in [0.29, 0.717) is 34.1 Å². The predicted octanol–water partition coefficient (Wildman–Crippen LogP) is 4.10. The maximum atomic E-state index is 12.0. The SMILES string of the molecule is COc1cc([C@@H]2CC(=O)Nc3ncnn32)cc(Cl)c1OCc1ccc(Cl)cc1. The van der Waals surface area contributed by atoms with Crippen molar-refractivity contribution in [1.82, 2.24) is 14.8 Å². The van der Waals surface area contributed by atoms with E-state index in [1.54, 1.807) is 36.1 Å². The maximum absolute atomic E-state index is 12.0. The van der Waals surface area contributed by atoms with Gasteiger partial charge in [0.15, 0.2) is 11.5 Å². The summed E-state index contributed by atoms with van der Waals surface area (Å²) >= 11 is 12.4. The van der Waals surface area contributed by atoms with Gasteiger partial charge in [-0.1, -0.05) is 35.3 Å². The van der Waals surface area contributed by atoms with E-state index in [-0.39, 0.29) is 18.4 Å². The number of halogens is 2. The van der Waals surface area contributed by atoms with Crippen LogP contribution in [0.25, 0.3) is 0 Å². The van der Waals surface area contributed by atoms with Crippen LogP contribution in [0.15, 0.2) is 42.7 Å². The molecule has 0 spiro atoms. The van der Waals surface area contributed by atoms with Crippen LogP contribution in [0.1, 0.15) is 23.6 Å². The van der Waals surface area contributed by atoms with E-state index in [1.165, 1.54) is 6.33 Å². The molecule has 0 aliphatic carbocycles. The second kappa shape index (κ2) is 7.69. The summed E-state index contributed by atoms with van der Waals surface area (Å²) in [7, 11) is 1.54. The van der Waals surface area contributed by atoms with Crippen LogP contribution in [0.5, 0.6) is 11.5 Å². The number of benzene rings is 2. The molecule has 1 aliphatic heterocycles. The number of carbonyl (C=O) groups excluding carboxylic acids is 1. The van der Waals surface area contributed by atoms with E-state index in [0.717, 1.165) is 11.1 Å². The normalized spacial score (nSPS) is 15.7. The zero-order valence-electron chi connectivity index (χ0n) is 14.9. The number of hydrogen-bond acceptors (Lipinski definition) is 5. The van der Waals surface area contributed by atoms with Crippen molar-refractivity contribution in [2.45, 2.75) is 19.1 Å². The van der Waals surface area contributed by atoms with Gasteiger partial charge in [-0.3, -0.25) is 10.1 Å². The molecular formula is C19H16Cl2N4O3. The second-order valence-corrected chi connectivity index (χ2v) is 7.09. The lowest BCUT2D eigenvalue weighted by atomic mass is 10.0. The molecule has 0 unspecified atom stereocenters. The van der Waals surface area contributed by atoms with Crippen LogP contribution in [-0.2, 0) is 11.4 Å². The summed E-state index contributed by atoms with van der Waals surface area (Å²) in [6.07, 6.45) is 1.62. The molecule has 0 saturated heterocycles. The Morgan fingerprint density at radius 1 is 1.25 bits per heavy atom. The lowest BCUT2D eigenvalue weighted by Crippen LogP contribution is -2.29. The Hall–Kier alpha value is -2.77. The van der Waals surface area contributed by atoms with E-state index in [1.807, 2.05) is 12.1 Å². The van der Waals surface area contributed by atoms with Gasteiger partial charge in [0, 0.05) is 5.02 Å². The number of aromatic nitrogens is 3. The number of methoxy groups -OCH3 is 1. The monoisotopic (exact) mass is 418 g/mol. The van der Waals surface area contributed by atoms with Crippen molar-refractivity contribution >= 4 is 35.1 Å². The average Bonchev–Trinajstić information content (AvgIpc) is 3.15. The van der Waals surface area contributed by atoms with Gasteiger partial charge in [-0.2, -0.15) is 10.1 Å². The molecule has 144 valence electrons. The van der Waals surface area contributed by atoms with Crippen molar-refractivity contribution in [3.63, 3.8) is 0 Å². The minimum Gasteiger partial charge on any atom is -0.493 e.